The van der Waals surface area contributed by atoms with Crippen LogP contribution in [0.15, 0.2) is 46.3 Å². The van der Waals surface area contributed by atoms with Crippen LogP contribution in [0, 0.1) is 0 Å². The van der Waals surface area contributed by atoms with Gasteiger partial charge in [0.25, 0.3) is 11.8 Å². The van der Waals surface area contributed by atoms with Crippen molar-refractivity contribution in [3.63, 3.8) is 0 Å². The Morgan fingerprint density at radius 3 is 2.68 bits per heavy atom. The van der Waals surface area contributed by atoms with Crippen LogP contribution in [-0.4, -0.2) is 30.4 Å². The summed E-state index contributed by atoms with van der Waals surface area (Å²) in [7, 11) is 0. The molecule has 6 nitrogen and oxygen atoms in total. The van der Waals surface area contributed by atoms with Crippen molar-refractivity contribution in [1.82, 2.24) is 10.6 Å². The van der Waals surface area contributed by atoms with Crippen molar-refractivity contribution < 1.29 is 19.1 Å². The molecule has 1 atom stereocenters. The van der Waals surface area contributed by atoms with E-state index in [0.29, 0.717) is 12.1 Å². The highest BCUT2D eigenvalue weighted by Crippen LogP contribution is 2.11. The summed E-state index contributed by atoms with van der Waals surface area (Å²) in [5, 5.41) is 7.06. The second-order valence-electron chi connectivity index (χ2n) is 5.12. The minimum absolute atomic E-state index is 0.312. The van der Waals surface area contributed by atoms with Crippen molar-refractivity contribution in [2.75, 3.05) is 6.54 Å². The van der Waals surface area contributed by atoms with Gasteiger partial charge >= 0.3 is 5.97 Å². The Kier molecular flexibility index (Phi) is 7.15. The fraction of sp³-hybridized carbons (Fsp3) is 0.235. The van der Waals surface area contributed by atoms with E-state index in [0.717, 1.165) is 9.35 Å². The number of hydrogen-bond donors (Lipinski definition) is 2. The number of thiophene rings is 1. The largest absolute Gasteiger partial charge is 0.451 e. The predicted molar refractivity (Wildman–Crippen MR) is 98.2 cm³/mol. The number of esters is 1. The number of carbonyl (C=O) groups is 3. The van der Waals surface area contributed by atoms with E-state index in [1.807, 2.05) is 17.5 Å². The molecule has 25 heavy (non-hydrogen) atoms. The third kappa shape index (κ3) is 6.32. The monoisotopic (exact) mass is 424 g/mol. The van der Waals surface area contributed by atoms with Gasteiger partial charge in [-0.25, -0.2) is 0 Å². The maximum Gasteiger partial charge on any atom is 0.326 e. The van der Waals surface area contributed by atoms with Crippen LogP contribution >= 0.6 is 27.3 Å². The third-order valence-corrected chi connectivity index (χ3v) is 4.54. The highest BCUT2D eigenvalue weighted by molar-refractivity contribution is 9.10. The number of rotatable bonds is 7. The first-order valence-corrected chi connectivity index (χ1v) is 9.16. The molecule has 2 aromatic rings. The van der Waals surface area contributed by atoms with Crippen LogP contribution in [0.25, 0.3) is 0 Å². The van der Waals surface area contributed by atoms with Crippen molar-refractivity contribution in [2.24, 2.45) is 0 Å². The van der Waals surface area contributed by atoms with Gasteiger partial charge in [0, 0.05) is 14.9 Å². The van der Waals surface area contributed by atoms with Crippen molar-refractivity contribution in [3.8, 4) is 0 Å². The SMILES string of the molecule is CC(OC(=O)CNC(=O)c1cccc(Br)c1)C(=O)NCc1cccs1. The Labute approximate surface area is 157 Å². The fourth-order valence-corrected chi connectivity index (χ4v) is 2.95. The van der Waals surface area contributed by atoms with Crippen LogP contribution in [0.5, 0.6) is 0 Å². The van der Waals surface area contributed by atoms with E-state index in [9.17, 15) is 14.4 Å². The second-order valence-corrected chi connectivity index (χ2v) is 7.07. The smallest absolute Gasteiger partial charge is 0.326 e. The van der Waals surface area contributed by atoms with E-state index in [1.54, 1.807) is 24.3 Å². The van der Waals surface area contributed by atoms with Crippen LogP contribution in [-0.2, 0) is 20.9 Å². The molecule has 2 N–H and O–H groups in total. The van der Waals surface area contributed by atoms with E-state index < -0.39 is 18.0 Å². The highest BCUT2D eigenvalue weighted by Gasteiger charge is 2.18. The van der Waals surface area contributed by atoms with Crippen molar-refractivity contribution in [3.05, 3.63) is 56.7 Å². The van der Waals surface area contributed by atoms with E-state index >= 15 is 0 Å². The number of benzene rings is 1. The Balaban J connectivity index is 1.73. The highest BCUT2D eigenvalue weighted by atomic mass is 79.9. The number of hydrogen-bond acceptors (Lipinski definition) is 5. The first-order valence-electron chi connectivity index (χ1n) is 7.49. The maximum absolute atomic E-state index is 11.9. The van der Waals surface area contributed by atoms with Crippen LogP contribution in [0.4, 0.5) is 0 Å². The summed E-state index contributed by atoms with van der Waals surface area (Å²) in [5.41, 5.74) is 0.420. The molecule has 1 aromatic carbocycles. The molecule has 0 bridgehead atoms. The van der Waals surface area contributed by atoms with E-state index in [4.69, 9.17) is 4.74 Å². The van der Waals surface area contributed by atoms with E-state index in [1.165, 1.54) is 18.3 Å². The molecule has 0 fully saturated rings. The standard InChI is InChI=1S/C17H17BrN2O4S/c1-11(16(22)19-9-14-6-3-7-25-14)24-15(21)10-20-17(23)12-4-2-5-13(18)8-12/h2-8,11H,9-10H2,1H3,(H,19,22)(H,20,23). The first-order chi connectivity index (χ1) is 12.0. The van der Waals surface area contributed by atoms with E-state index in [-0.39, 0.29) is 12.5 Å². The molecule has 0 radical (unpaired) electrons. The summed E-state index contributed by atoms with van der Waals surface area (Å²) < 4.78 is 5.78. The molecule has 1 unspecified atom stereocenters. The zero-order valence-electron chi connectivity index (χ0n) is 13.5. The average Bonchev–Trinajstić information content (AvgIpc) is 3.11. The molecule has 2 amide bonds. The number of ether oxygens (including phenoxy) is 1. The fourth-order valence-electron chi connectivity index (χ4n) is 1.91. The van der Waals surface area contributed by atoms with Crippen LogP contribution < -0.4 is 10.6 Å². The van der Waals surface area contributed by atoms with Crippen molar-refractivity contribution in [2.45, 2.75) is 19.6 Å². The molecular formula is C17H17BrN2O4S. The molecule has 8 heteroatoms. The van der Waals surface area contributed by atoms with Gasteiger partial charge in [-0.1, -0.05) is 28.1 Å². The number of nitrogens with one attached hydrogen (secondary N) is 2. The van der Waals surface area contributed by atoms with Crippen LogP contribution in [0.2, 0.25) is 0 Å². The second kappa shape index (κ2) is 9.33. The Morgan fingerprint density at radius 2 is 2.00 bits per heavy atom. The summed E-state index contributed by atoms with van der Waals surface area (Å²) in [6, 6.07) is 10.6. The predicted octanol–water partition coefficient (Wildman–Crippen LogP) is 2.49. The maximum atomic E-state index is 11.9. The lowest BCUT2D eigenvalue weighted by Gasteiger charge is -2.13. The molecule has 2 rings (SSSR count). The molecular weight excluding hydrogens is 408 g/mol. The summed E-state index contributed by atoms with van der Waals surface area (Å²) in [5.74, 6) is -1.46. The van der Waals surface area contributed by atoms with Crippen molar-refractivity contribution in [1.29, 1.82) is 0 Å². The quantitative estimate of drug-likeness (QED) is 0.668. The molecule has 0 spiro atoms. The summed E-state index contributed by atoms with van der Waals surface area (Å²) in [6.07, 6.45) is -0.935. The zero-order valence-corrected chi connectivity index (χ0v) is 15.9. The van der Waals surface area contributed by atoms with Gasteiger partial charge in [-0.2, -0.15) is 0 Å². The van der Waals surface area contributed by atoms with Gasteiger partial charge in [0.15, 0.2) is 6.10 Å². The molecule has 0 aliphatic heterocycles. The normalized spacial score (nSPS) is 11.4. The number of halogens is 1. The Bertz CT molecular complexity index is 749. The van der Waals surface area contributed by atoms with Crippen molar-refractivity contribution >= 4 is 45.1 Å². The van der Waals surface area contributed by atoms with Gasteiger partial charge in [0.2, 0.25) is 0 Å². The molecule has 1 aromatic heterocycles. The number of carbonyl (C=O) groups excluding carboxylic acids is 3. The molecule has 0 saturated carbocycles. The minimum Gasteiger partial charge on any atom is -0.451 e. The van der Waals surface area contributed by atoms with Crippen LogP contribution in [0.3, 0.4) is 0 Å². The van der Waals surface area contributed by atoms with Gasteiger partial charge in [-0.15, -0.1) is 11.3 Å². The zero-order chi connectivity index (χ0) is 18.2. The summed E-state index contributed by atoms with van der Waals surface area (Å²) in [4.78, 5) is 36.6. The first kappa shape index (κ1) is 19.1. The summed E-state index contributed by atoms with van der Waals surface area (Å²) >= 11 is 4.80. The lowest BCUT2D eigenvalue weighted by atomic mass is 10.2. The molecule has 1 heterocycles. The lowest BCUT2D eigenvalue weighted by molar-refractivity contribution is -0.153. The summed E-state index contributed by atoms with van der Waals surface area (Å²) in [6.45, 7) is 1.56. The van der Waals surface area contributed by atoms with Crippen LogP contribution in [0.1, 0.15) is 22.2 Å². The lowest BCUT2D eigenvalue weighted by Crippen LogP contribution is -2.38. The molecule has 0 aliphatic rings. The average molecular weight is 425 g/mol. The van der Waals surface area contributed by atoms with Gasteiger partial charge < -0.3 is 15.4 Å². The van der Waals surface area contributed by atoms with E-state index in [2.05, 4.69) is 26.6 Å². The van der Waals surface area contributed by atoms with Gasteiger partial charge in [0.05, 0.1) is 6.54 Å². The Hall–Kier alpha value is -2.19. The van der Waals surface area contributed by atoms with Gasteiger partial charge in [-0.05, 0) is 36.6 Å². The van der Waals surface area contributed by atoms with Gasteiger partial charge in [0.1, 0.15) is 6.54 Å². The Morgan fingerprint density at radius 1 is 1.20 bits per heavy atom. The third-order valence-electron chi connectivity index (χ3n) is 3.17. The topological polar surface area (TPSA) is 84.5 Å². The molecule has 132 valence electrons. The van der Waals surface area contributed by atoms with Gasteiger partial charge in [-0.3, -0.25) is 14.4 Å². The minimum atomic E-state index is -0.935. The number of amides is 2. The molecule has 0 aliphatic carbocycles. The molecule has 0 saturated heterocycles.